The van der Waals surface area contributed by atoms with E-state index in [1.807, 2.05) is 30.3 Å². The molecule has 0 heterocycles. The van der Waals surface area contributed by atoms with Crippen molar-refractivity contribution in [2.45, 2.75) is 6.10 Å². The normalized spacial score (nSPS) is 12.2. The van der Waals surface area contributed by atoms with Gasteiger partial charge in [-0.25, -0.2) is 0 Å². The van der Waals surface area contributed by atoms with Crippen molar-refractivity contribution in [3.63, 3.8) is 0 Å². The van der Waals surface area contributed by atoms with Crippen LogP contribution in [0.2, 0.25) is 0 Å². The van der Waals surface area contributed by atoms with Crippen molar-refractivity contribution >= 4 is 0 Å². The number of hydrogen-bond donors (Lipinski definition) is 2. The lowest BCUT2D eigenvalue weighted by Crippen LogP contribution is -2.22. The molecule has 9 heteroatoms. The van der Waals surface area contributed by atoms with E-state index in [-0.39, 0.29) is 13.2 Å². The maximum absolute atomic E-state index is 9.48. The van der Waals surface area contributed by atoms with E-state index in [1.165, 1.54) is 0 Å². The van der Waals surface area contributed by atoms with Gasteiger partial charge in [-0.3, -0.25) is 0 Å². The summed E-state index contributed by atoms with van der Waals surface area (Å²) in [5, 5.41) is 17.9. The van der Waals surface area contributed by atoms with Crippen LogP contribution < -0.4 is 4.74 Å². The van der Waals surface area contributed by atoms with Gasteiger partial charge in [0.1, 0.15) is 31.7 Å². The van der Waals surface area contributed by atoms with E-state index in [9.17, 15) is 5.11 Å². The van der Waals surface area contributed by atoms with Crippen LogP contribution in [-0.4, -0.2) is 95.6 Å². The Kier molecular flexibility index (Phi) is 18.7. The van der Waals surface area contributed by atoms with Crippen molar-refractivity contribution in [3.05, 3.63) is 43.5 Å². The molecule has 30 heavy (non-hydrogen) atoms. The van der Waals surface area contributed by atoms with E-state index in [0.29, 0.717) is 66.1 Å². The molecule has 1 rings (SSSR count). The molecule has 172 valence electrons. The van der Waals surface area contributed by atoms with Gasteiger partial charge in [-0.05, 0) is 12.1 Å². The van der Waals surface area contributed by atoms with Gasteiger partial charge in [0.25, 0.3) is 0 Å². The van der Waals surface area contributed by atoms with Crippen LogP contribution >= 0.6 is 0 Å². The molecule has 9 nitrogen and oxygen atoms in total. The zero-order valence-electron chi connectivity index (χ0n) is 17.4. The highest BCUT2D eigenvalue weighted by atomic mass is 16.6. The maximum atomic E-state index is 9.48. The molecule has 1 aromatic carbocycles. The van der Waals surface area contributed by atoms with E-state index in [1.54, 1.807) is 0 Å². The first-order valence-corrected chi connectivity index (χ1v) is 9.98. The Hall–Kier alpha value is -1.30. The Labute approximate surface area is 178 Å². The lowest BCUT2D eigenvalue weighted by Gasteiger charge is -2.11. The van der Waals surface area contributed by atoms with E-state index >= 15 is 0 Å². The van der Waals surface area contributed by atoms with Crippen LogP contribution in [-0.2, 0) is 28.4 Å². The third-order valence-corrected chi connectivity index (χ3v) is 3.48. The number of rotatable bonds is 22. The fraction of sp³-hybridized carbons (Fsp3) is 0.619. The third kappa shape index (κ3) is 17.5. The van der Waals surface area contributed by atoms with Crippen molar-refractivity contribution in [3.8, 4) is 5.75 Å². The number of hydrogen-bond acceptors (Lipinski definition) is 9. The number of aliphatic hydroxyl groups is 2. The van der Waals surface area contributed by atoms with Gasteiger partial charge >= 0.3 is 0 Å². The highest BCUT2D eigenvalue weighted by molar-refractivity contribution is 5.20. The van der Waals surface area contributed by atoms with Crippen LogP contribution in [0.25, 0.3) is 0 Å². The van der Waals surface area contributed by atoms with Gasteiger partial charge in [0, 0.05) is 0 Å². The molecule has 0 saturated heterocycles. The molecule has 0 aliphatic rings. The summed E-state index contributed by atoms with van der Waals surface area (Å²) in [6.07, 6.45) is -0.752. The number of benzene rings is 1. The lowest BCUT2D eigenvalue weighted by atomic mass is 10.3. The molecule has 2 N–H and O–H groups in total. The topological polar surface area (TPSA) is 105 Å². The third-order valence-electron chi connectivity index (χ3n) is 3.48. The smallest absolute Gasteiger partial charge is 0.119 e. The summed E-state index contributed by atoms with van der Waals surface area (Å²) in [6.45, 7) is 6.80. The average Bonchev–Trinajstić information content (AvgIpc) is 2.77. The summed E-state index contributed by atoms with van der Waals surface area (Å²) < 4.78 is 37.1. The zero-order valence-corrected chi connectivity index (χ0v) is 17.4. The largest absolute Gasteiger partial charge is 0.491 e. The summed E-state index contributed by atoms with van der Waals surface area (Å²) in [6, 6.07) is 9.62. The van der Waals surface area contributed by atoms with Crippen LogP contribution in [0, 0.1) is 13.2 Å². The Morgan fingerprint density at radius 3 is 1.70 bits per heavy atom. The summed E-state index contributed by atoms with van der Waals surface area (Å²) in [5.41, 5.74) is 0. The van der Waals surface area contributed by atoms with Crippen molar-refractivity contribution in [1.29, 1.82) is 0 Å². The van der Waals surface area contributed by atoms with E-state index in [2.05, 4.69) is 0 Å². The Morgan fingerprint density at radius 1 is 0.667 bits per heavy atom. The lowest BCUT2D eigenvalue weighted by molar-refractivity contribution is -0.0335. The van der Waals surface area contributed by atoms with E-state index in [0.717, 1.165) is 19.0 Å². The molecule has 1 unspecified atom stereocenters. The van der Waals surface area contributed by atoms with Crippen molar-refractivity contribution in [2.24, 2.45) is 0 Å². The van der Waals surface area contributed by atoms with E-state index in [4.69, 9.17) is 38.3 Å². The van der Waals surface area contributed by atoms with Gasteiger partial charge in [-0.2, -0.15) is 0 Å². The molecule has 0 aliphatic carbocycles. The first-order valence-electron chi connectivity index (χ1n) is 9.98. The molecule has 0 saturated carbocycles. The fourth-order valence-electron chi connectivity index (χ4n) is 2.09. The van der Waals surface area contributed by atoms with Gasteiger partial charge in [-0.1, -0.05) is 18.2 Å². The minimum atomic E-state index is -0.752. The molecule has 2 radical (unpaired) electrons. The second-order valence-electron chi connectivity index (χ2n) is 5.96. The minimum Gasteiger partial charge on any atom is -0.491 e. The summed E-state index contributed by atoms with van der Waals surface area (Å²) in [7, 11) is 0. The summed E-state index contributed by atoms with van der Waals surface area (Å²) in [5.74, 6) is 0.836. The zero-order chi connectivity index (χ0) is 21.5. The van der Waals surface area contributed by atoms with Gasteiger partial charge in [0.05, 0.1) is 72.7 Å². The SMILES string of the molecule is O[CH][CH]OCC(O)COCCOCCOCCOCCOCCOc1ccccc1. The highest BCUT2D eigenvalue weighted by Crippen LogP contribution is 2.07. The minimum absolute atomic E-state index is 0.0582. The molecular formula is C21H34O9. The average molecular weight is 430 g/mol. The first kappa shape index (κ1) is 26.7. The molecule has 0 fully saturated rings. The Bertz CT molecular complexity index is 461. The van der Waals surface area contributed by atoms with Crippen molar-refractivity contribution in [2.75, 3.05) is 79.3 Å². The fourth-order valence-corrected chi connectivity index (χ4v) is 2.09. The van der Waals surface area contributed by atoms with Crippen LogP contribution in [0.1, 0.15) is 0 Å². The Morgan fingerprint density at radius 2 is 1.17 bits per heavy atom. The van der Waals surface area contributed by atoms with Gasteiger partial charge < -0.3 is 43.4 Å². The van der Waals surface area contributed by atoms with E-state index < -0.39 is 6.10 Å². The molecule has 0 aliphatic heterocycles. The van der Waals surface area contributed by atoms with Crippen LogP contribution in [0.4, 0.5) is 0 Å². The maximum Gasteiger partial charge on any atom is 0.119 e. The molecule has 1 atom stereocenters. The second-order valence-corrected chi connectivity index (χ2v) is 5.96. The van der Waals surface area contributed by atoms with Crippen molar-refractivity contribution in [1.82, 2.24) is 0 Å². The predicted molar refractivity (Wildman–Crippen MR) is 109 cm³/mol. The molecular weight excluding hydrogens is 396 g/mol. The summed E-state index contributed by atoms with van der Waals surface area (Å²) >= 11 is 0. The highest BCUT2D eigenvalue weighted by Gasteiger charge is 2.04. The molecule has 0 aromatic heterocycles. The monoisotopic (exact) mass is 430 g/mol. The van der Waals surface area contributed by atoms with Crippen LogP contribution in [0.15, 0.2) is 30.3 Å². The summed E-state index contributed by atoms with van der Waals surface area (Å²) in [4.78, 5) is 0. The molecule has 1 aromatic rings. The predicted octanol–water partition coefficient (Wildman–Crippen LogP) is 1.22. The standard InChI is InChI=1S/C21H34O9/c22-6-7-28-18-20(23)19-29-15-14-26-11-10-24-8-9-25-12-13-27-16-17-30-21-4-2-1-3-5-21/h1-7,20,22-23H,8-19H2. The number of aliphatic hydroxyl groups excluding tert-OH is 2. The molecule has 0 bridgehead atoms. The van der Waals surface area contributed by atoms with Gasteiger partial charge in [-0.15, -0.1) is 0 Å². The van der Waals surface area contributed by atoms with Crippen LogP contribution in [0.5, 0.6) is 5.75 Å². The van der Waals surface area contributed by atoms with Crippen molar-refractivity contribution < 1.29 is 43.4 Å². The van der Waals surface area contributed by atoms with Crippen LogP contribution in [0.3, 0.4) is 0 Å². The van der Waals surface area contributed by atoms with Gasteiger partial charge in [0.2, 0.25) is 0 Å². The first-order chi connectivity index (χ1) is 14.8. The quantitative estimate of drug-likeness (QED) is 0.263. The number of ether oxygens (including phenoxy) is 7. The second kappa shape index (κ2) is 21.0. The van der Waals surface area contributed by atoms with Gasteiger partial charge in [0.15, 0.2) is 0 Å². The number of para-hydroxylation sites is 1. The molecule has 0 spiro atoms. The Balaban J connectivity index is 1.70. The molecule has 0 amide bonds.